The molecule has 384 valence electrons. The van der Waals surface area contributed by atoms with Crippen LogP contribution in [0.25, 0.3) is 0 Å². The van der Waals surface area contributed by atoms with Gasteiger partial charge in [0.15, 0.2) is 6.10 Å². The Morgan fingerprint density at radius 3 is 0.925 bits per heavy atom. The number of unbranched alkanes of at least 4 members (excludes halogenated alkanes) is 25. The molecule has 6 heteroatoms. The van der Waals surface area contributed by atoms with Crippen LogP contribution in [0.15, 0.2) is 85.1 Å². The van der Waals surface area contributed by atoms with Crippen molar-refractivity contribution >= 4 is 17.9 Å². The van der Waals surface area contributed by atoms with Gasteiger partial charge in [0.1, 0.15) is 13.2 Å². The maximum Gasteiger partial charge on any atom is 0.306 e. The molecule has 1 atom stereocenters. The lowest BCUT2D eigenvalue weighted by atomic mass is 10.1. The molecule has 0 rings (SSSR count). The highest BCUT2D eigenvalue weighted by molar-refractivity contribution is 5.71. The fourth-order valence-electron chi connectivity index (χ4n) is 7.70. The lowest BCUT2D eigenvalue weighted by Crippen LogP contribution is -2.30. The van der Waals surface area contributed by atoms with E-state index in [4.69, 9.17) is 14.2 Å². The lowest BCUT2D eigenvalue weighted by molar-refractivity contribution is -0.167. The van der Waals surface area contributed by atoms with Gasteiger partial charge in [-0.3, -0.25) is 14.4 Å². The van der Waals surface area contributed by atoms with Crippen molar-refractivity contribution in [1.82, 2.24) is 0 Å². The number of allylic oxidation sites excluding steroid dienone is 14. The topological polar surface area (TPSA) is 78.9 Å². The summed E-state index contributed by atoms with van der Waals surface area (Å²) in [7, 11) is 0. The van der Waals surface area contributed by atoms with Crippen LogP contribution in [0.1, 0.15) is 265 Å². The van der Waals surface area contributed by atoms with Gasteiger partial charge in [0.25, 0.3) is 0 Å². The summed E-state index contributed by atoms with van der Waals surface area (Å²) in [6.07, 6.45) is 71.4. The van der Waals surface area contributed by atoms with Crippen LogP contribution >= 0.6 is 0 Å². The standard InChI is InChI=1S/C61H104O6/c1-4-7-10-13-16-19-22-25-28-30-33-36-39-42-45-48-51-54-60(63)66-57-58(56-65-59(62)53-50-47-44-41-38-35-32-27-24-21-18-15-12-9-6-3)67-61(64)55-52-49-46-43-40-37-34-31-29-26-23-20-17-14-11-8-5-2/h7,9-10,12,16,18-19,21,25-29,32,58H,4-6,8,11,13-15,17,20,22-24,30-31,33-57H2,1-3H3/b10-7-,12-9-,19-16-,21-18-,28-25-,29-26-,32-27-. The summed E-state index contributed by atoms with van der Waals surface area (Å²) in [4.78, 5) is 38.1. The Morgan fingerprint density at radius 1 is 0.313 bits per heavy atom. The van der Waals surface area contributed by atoms with Crippen molar-refractivity contribution in [3.05, 3.63) is 85.1 Å². The van der Waals surface area contributed by atoms with Gasteiger partial charge in [-0.15, -0.1) is 0 Å². The molecule has 0 amide bonds. The number of ether oxygens (including phenoxy) is 3. The Kier molecular flexibility index (Phi) is 52.4. The van der Waals surface area contributed by atoms with Crippen LogP contribution in [-0.4, -0.2) is 37.2 Å². The van der Waals surface area contributed by atoms with E-state index in [2.05, 4.69) is 106 Å². The van der Waals surface area contributed by atoms with Crippen LogP contribution in [-0.2, 0) is 28.6 Å². The molecular weight excluding hydrogens is 829 g/mol. The average molecular weight is 933 g/mol. The summed E-state index contributed by atoms with van der Waals surface area (Å²) in [5.41, 5.74) is 0. The fraction of sp³-hybridized carbons (Fsp3) is 0.721. The van der Waals surface area contributed by atoms with Gasteiger partial charge in [-0.25, -0.2) is 0 Å². The number of hydrogen-bond acceptors (Lipinski definition) is 6. The molecule has 0 spiro atoms. The van der Waals surface area contributed by atoms with Crippen LogP contribution in [0.5, 0.6) is 0 Å². The quantitative estimate of drug-likeness (QED) is 0.0262. The number of carbonyl (C=O) groups excluding carboxylic acids is 3. The first-order valence-corrected chi connectivity index (χ1v) is 28.1. The molecule has 0 aliphatic rings. The van der Waals surface area contributed by atoms with Gasteiger partial charge in [-0.05, 0) is 109 Å². The largest absolute Gasteiger partial charge is 0.462 e. The molecule has 0 saturated carbocycles. The van der Waals surface area contributed by atoms with E-state index < -0.39 is 6.10 Å². The zero-order valence-electron chi connectivity index (χ0n) is 43.9. The van der Waals surface area contributed by atoms with Gasteiger partial charge in [-0.1, -0.05) is 221 Å². The van der Waals surface area contributed by atoms with E-state index in [0.717, 1.165) is 122 Å². The maximum atomic E-state index is 12.9. The first-order valence-electron chi connectivity index (χ1n) is 28.1. The Bertz CT molecular complexity index is 1300. The molecule has 0 fully saturated rings. The average Bonchev–Trinajstić information content (AvgIpc) is 3.33. The third kappa shape index (κ3) is 53.4. The van der Waals surface area contributed by atoms with Crippen LogP contribution in [0.2, 0.25) is 0 Å². The summed E-state index contributed by atoms with van der Waals surface area (Å²) in [5.74, 6) is -0.915. The second-order valence-corrected chi connectivity index (χ2v) is 18.4. The van der Waals surface area contributed by atoms with Crippen molar-refractivity contribution in [2.24, 2.45) is 0 Å². The summed E-state index contributed by atoms with van der Waals surface area (Å²) in [6, 6.07) is 0. The van der Waals surface area contributed by atoms with Crippen molar-refractivity contribution in [2.75, 3.05) is 13.2 Å². The smallest absolute Gasteiger partial charge is 0.306 e. The Labute approximate surface area is 414 Å². The number of carbonyl (C=O) groups is 3. The maximum absolute atomic E-state index is 12.9. The number of hydrogen-bond donors (Lipinski definition) is 0. The third-order valence-electron chi connectivity index (χ3n) is 11.9. The molecule has 1 unspecified atom stereocenters. The van der Waals surface area contributed by atoms with Crippen molar-refractivity contribution in [1.29, 1.82) is 0 Å². The monoisotopic (exact) mass is 933 g/mol. The molecule has 0 radical (unpaired) electrons. The van der Waals surface area contributed by atoms with Gasteiger partial charge in [0, 0.05) is 19.3 Å². The van der Waals surface area contributed by atoms with Gasteiger partial charge in [0.2, 0.25) is 0 Å². The molecule has 0 bridgehead atoms. The molecule has 0 aromatic carbocycles. The summed E-state index contributed by atoms with van der Waals surface area (Å²) >= 11 is 0. The van der Waals surface area contributed by atoms with Crippen molar-refractivity contribution < 1.29 is 28.6 Å². The van der Waals surface area contributed by atoms with Crippen molar-refractivity contribution in [2.45, 2.75) is 271 Å². The normalized spacial score (nSPS) is 12.7. The lowest BCUT2D eigenvalue weighted by Gasteiger charge is -2.18. The zero-order chi connectivity index (χ0) is 48.6. The highest BCUT2D eigenvalue weighted by Gasteiger charge is 2.19. The number of rotatable bonds is 50. The van der Waals surface area contributed by atoms with Gasteiger partial charge in [-0.2, -0.15) is 0 Å². The molecule has 0 saturated heterocycles. The van der Waals surface area contributed by atoms with E-state index in [0.29, 0.717) is 19.3 Å². The van der Waals surface area contributed by atoms with Crippen LogP contribution in [0.4, 0.5) is 0 Å². The predicted molar refractivity (Wildman–Crippen MR) is 288 cm³/mol. The number of esters is 3. The molecule has 67 heavy (non-hydrogen) atoms. The molecule has 0 aromatic rings. The van der Waals surface area contributed by atoms with Gasteiger partial charge < -0.3 is 14.2 Å². The Balaban J connectivity index is 4.43. The van der Waals surface area contributed by atoms with Crippen molar-refractivity contribution in [3.8, 4) is 0 Å². The van der Waals surface area contributed by atoms with E-state index in [1.54, 1.807) is 0 Å². The second kappa shape index (κ2) is 55.2. The first kappa shape index (κ1) is 63.6. The highest BCUT2D eigenvalue weighted by Crippen LogP contribution is 2.15. The fourth-order valence-corrected chi connectivity index (χ4v) is 7.70. The molecule has 0 heterocycles. The highest BCUT2D eigenvalue weighted by atomic mass is 16.6. The molecule has 0 aliphatic heterocycles. The van der Waals surface area contributed by atoms with E-state index >= 15 is 0 Å². The minimum Gasteiger partial charge on any atom is -0.462 e. The van der Waals surface area contributed by atoms with E-state index in [-0.39, 0.29) is 31.1 Å². The molecule has 0 aliphatic carbocycles. The van der Waals surface area contributed by atoms with Crippen LogP contribution < -0.4 is 0 Å². The minimum absolute atomic E-state index is 0.0891. The SMILES string of the molecule is CC/C=C\C/C=C\C/C=C\CCCCCCCCCC(=O)OCC(COC(=O)CCCCCCC/C=C\C/C=C\C/C=C\CC)OC(=O)CCCCCCCCC/C=C\CCCCCCCC. The predicted octanol–water partition coefficient (Wildman–Crippen LogP) is 18.8. The molecule has 6 nitrogen and oxygen atoms in total. The van der Waals surface area contributed by atoms with Crippen LogP contribution in [0, 0.1) is 0 Å². The molecule has 0 N–H and O–H groups in total. The summed E-state index contributed by atoms with van der Waals surface area (Å²) in [5, 5.41) is 0. The third-order valence-corrected chi connectivity index (χ3v) is 11.9. The van der Waals surface area contributed by atoms with Gasteiger partial charge in [0.05, 0.1) is 0 Å². The van der Waals surface area contributed by atoms with E-state index in [1.807, 2.05) is 0 Å². The van der Waals surface area contributed by atoms with E-state index in [9.17, 15) is 14.4 Å². The summed E-state index contributed by atoms with van der Waals surface area (Å²) in [6.45, 7) is 6.40. The van der Waals surface area contributed by atoms with Gasteiger partial charge >= 0.3 is 17.9 Å². The Morgan fingerprint density at radius 2 is 0.582 bits per heavy atom. The molecular formula is C61H104O6. The van der Waals surface area contributed by atoms with Crippen molar-refractivity contribution in [3.63, 3.8) is 0 Å². The first-order chi connectivity index (χ1) is 33.0. The van der Waals surface area contributed by atoms with E-state index in [1.165, 1.54) is 103 Å². The zero-order valence-corrected chi connectivity index (χ0v) is 43.9. The molecule has 0 aromatic heterocycles. The Hall–Kier alpha value is -3.41. The summed E-state index contributed by atoms with van der Waals surface area (Å²) < 4.78 is 16.8. The second-order valence-electron chi connectivity index (χ2n) is 18.4. The minimum atomic E-state index is -0.791. The van der Waals surface area contributed by atoms with Crippen LogP contribution in [0.3, 0.4) is 0 Å².